The predicted molar refractivity (Wildman–Crippen MR) is 96.0 cm³/mol. The van der Waals surface area contributed by atoms with Gasteiger partial charge in [-0.2, -0.15) is 5.26 Å². The van der Waals surface area contributed by atoms with Crippen LogP contribution in [-0.2, 0) is 9.59 Å². The van der Waals surface area contributed by atoms with E-state index >= 15 is 0 Å². The first-order chi connectivity index (χ1) is 11.6. The van der Waals surface area contributed by atoms with E-state index in [1.807, 2.05) is 19.9 Å². The minimum absolute atomic E-state index is 0.0955. The summed E-state index contributed by atoms with van der Waals surface area (Å²) < 4.78 is 0. The molecule has 0 saturated carbocycles. The lowest BCUT2D eigenvalue weighted by Crippen LogP contribution is -2.48. The minimum Gasteiger partial charge on any atom is -0.352 e. The van der Waals surface area contributed by atoms with Crippen LogP contribution in [0.1, 0.15) is 31.4 Å². The Balaban J connectivity index is 2.07. The van der Waals surface area contributed by atoms with Gasteiger partial charge in [0, 0.05) is 17.9 Å². The zero-order valence-electron chi connectivity index (χ0n) is 13.9. The quantitative estimate of drug-likeness (QED) is 0.833. The van der Waals surface area contributed by atoms with E-state index in [0.29, 0.717) is 22.8 Å². The number of benzene rings is 1. The van der Waals surface area contributed by atoms with Crippen LogP contribution in [0.2, 0.25) is 0 Å². The van der Waals surface area contributed by atoms with Gasteiger partial charge in [0.1, 0.15) is 6.04 Å². The van der Waals surface area contributed by atoms with Gasteiger partial charge in [0.15, 0.2) is 0 Å². The lowest BCUT2D eigenvalue weighted by molar-refractivity contribution is -0.135. The Morgan fingerprint density at radius 1 is 1.50 bits per heavy atom. The largest absolute Gasteiger partial charge is 0.352 e. The van der Waals surface area contributed by atoms with Crippen molar-refractivity contribution < 1.29 is 9.59 Å². The Morgan fingerprint density at radius 3 is 2.96 bits per heavy atom. The highest BCUT2D eigenvalue weighted by Gasteiger charge is 2.33. The molecule has 2 rings (SSSR count). The molecule has 2 atom stereocenters. The molecule has 1 heterocycles. The normalized spacial score (nSPS) is 18.4. The van der Waals surface area contributed by atoms with Gasteiger partial charge in [-0.3, -0.25) is 9.59 Å². The maximum Gasteiger partial charge on any atom is 0.247 e. The highest BCUT2D eigenvalue weighted by atomic mass is 32.2. The van der Waals surface area contributed by atoms with E-state index in [0.717, 1.165) is 6.42 Å². The van der Waals surface area contributed by atoms with E-state index in [1.165, 1.54) is 6.08 Å². The van der Waals surface area contributed by atoms with Gasteiger partial charge < -0.3 is 10.2 Å². The van der Waals surface area contributed by atoms with Gasteiger partial charge in [-0.25, -0.2) is 0 Å². The van der Waals surface area contributed by atoms with Crippen molar-refractivity contribution in [3.8, 4) is 6.07 Å². The first-order valence-electron chi connectivity index (χ1n) is 7.92. The lowest BCUT2D eigenvalue weighted by Gasteiger charge is -2.23. The number of amides is 2. The summed E-state index contributed by atoms with van der Waals surface area (Å²) in [5, 5.41) is 12.0. The van der Waals surface area contributed by atoms with Crippen LogP contribution in [0, 0.1) is 11.3 Å². The van der Waals surface area contributed by atoms with Crippen molar-refractivity contribution in [2.24, 2.45) is 0 Å². The summed E-state index contributed by atoms with van der Waals surface area (Å²) in [7, 11) is 0. The van der Waals surface area contributed by atoms with Crippen LogP contribution in [0.5, 0.6) is 0 Å². The van der Waals surface area contributed by atoms with Crippen LogP contribution >= 0.6 is 11.8 Å². The van der Waals surface area contributed by atoms with Crippen LogP contribution in [0.3, 0.4) is 0 Å². The zero-order chi connectivity index (χ0) is 17.5. The second kappa shape index (κ2) is 8.55. The van der Waals surface area contributed by atoms with E-state index in [9.17, 15) is 9.59 Å². The Morgan fingerprint density at radius 2 is 2.25 bits per heavy atom. The van der Waals surface area contributed by atoms with Gasteiger partial charge in [0.25, 0.3) is 0 Å². The molecule has 5 nitrogen and oxygen atoms in total. The average Bonchev–Trinajstić information content (AvgIpc) is 3.09. The number of carbonyl (C=O) groups excluding carboxylic acids is 2. The Hall–Kier alpha value is -2.26. The summed E-state index contributed by atoms with van der Waals surface area (Å²) in [6.45, 7) is 3.96. The highest BCUT2D eigenvalue weighted by Crippen LogP contribution is 2.22. The Labute approximate surface area is 146 Å². The molecule has 1 aromatic carbocycles. The molecule has 2 amide bonds. The standard InChI is InChI=1S/C18H21N3O2S/c1-3-13(2)20-18(23)16-11-24-12-21(16)17(22)9-8-14-6-4-5-7-15(14)10-19/h4-9,13,16H,3,11-12H2,1-2H3,(H,20,23). The van der Waals surface area contributed by atoms with Gasteiger partial charge in [-0.15, -0.1) is 11.8 Å². The maximum absolute atomic E-state index is 12.5. The monoisotopic (exact) mass is 343 g/mol. The molecular formula is C18H21N3O2S. The molecule has 1 aliphatic heterocycles. The second-order valence-electron chi connectivity index (χ2n) is 5.67. The van der Waals surface area contributed by atoms with Crippen LogP contribution in [0.15, 0.2) is 30.3 Å². The topological polar surface area (TPSA) is 73.2 Å². The molecule has 24 heavy (non-hydrogen) atoms. The number of nitrogens with zero attached hydrogens (tertiary/aromatic N) is 2. The Bertz CT molecular complexity index is 681. The molecule has 0 aromatic heterocycles. The molecule has 0 radical (unpaired) electrons. The fourth-order valence-corrected chi connectivity index (χ4v) is 3.48. The number of carbonyl (C=O) groups is 2. The van der Waals surface area contributed by atoms with Crippen LogP contribution in [-0.4, -0.2) is 40.4 Å². The summed E-state index contributed by atoms with van der Waals surface area (Å²) in [5.41, 5.74) is 1.21. The third-order valence-corrected chi connectivity index (χ3v) is 4.97. The summed E-state index contributed by atoms with van der Waals surface area (Å²) in [6.07, 6.45) is 3.92. The molecule has 1 aromatic rings. The molecule has 1 saturated heterocycles. The fourth-order valence-electron chi connectivity index (χ4n) is 2.32. The molecule has 6 heteroatoms. The first-order valence-corrected chi connectivity index (χ1v) is 9.08. The molecule has 0 spiro atoms. The molecule has 1 N–H and O–H groups in total. The summed E-state index contributed by atoms with van der Waals surface area (Å²) >= 11 is 1.57. The van der Waals surface area contributed by atoms with E-state index < -0.39 is 6.04 Å². The van der Waals surface area contributed by atoms with Crippen molar-refractivity contribution in [1.82, 2.24) is 10.2 Å². The van der Waals surface area contributed by atoms with Gasteiger partial charge in [0.2, 0.25) is 11.8 Å². The van der Waals surface area contributed by atoms with E-state index in [4.69, 9.17) is 5.26 Å². The van der Waals surface area contributed by atoms with Crippen LogP contribution in [0.25, 0.3) is 6.08 Å². The number of hydrogen-bond donors (Lipinski definition) is 1. The smallest absolute Gasteiger partial charge is 0.247 e. The molecule has 126 valence electrons. The molecule has 1 fully saturated rings. The fraction of sp³-hybridized carbons (Fsp3) is 0.389. The van der Waals surface area contributed by atoms with Gasteiger partial charge in [0.05, 0.1) is 17.5 Å². The van der Waals surface area contributed by atoms with Crippen molar-refractivity contribution in [1.29, 1.82) is 5.26 Å². The number of rotatable bonds is 5. The summed E-state index contributed by atoms with van der Waals surface area (Å²) in [5.74, 6) is 0.795. The van der Waals surface area contributed by atoms with E-state index in [1.54, 1.807) is 40.9 Å². The first kappa shape index (κ1) is 18.1. The molecule has 0 bridgehead atoms. The zero-order valence-corrected chi connectivity index (χ0v) is 14.7. The van der Waals surface area contributed by atoms with Gasteiger partial charge in [-0.1, -0.05) is 25.1 Å². The lowest BCUT2D eigenvalue weighted by atomic mass is 10.1. The maximum atomic E-state index is 12.5. The predicted octanol–water partition coefficient (Wildman–Crippen LogP) is 2.39. The molecule has 2 unspecified atom stereocenters. The molecule has 1 aliphatic rings. The SMILES string of the molecule is CCC(C)NC(=O)C1CSCN1C(=O)C=Cc1ccccc1C#N. The van der Waals surface area contributed by atoms with Crippen molar-refractivity contribution in [2.45, 2.75) is 32.4 Å². The Kier molecular flexibility index (Phi) is 6.44. The average molecular weight is 343 g/mol. The van der Waals surface area contributed by atoms with Crippen molar-refractivity contribution >= 4 is 29.7 Å². The second-order valence-corrected chi connectivity index (χ2v) is 6.67. The van der Waals surface area contributed by atoms with E-state index in [-0.39, 0.29) is 17.9 Å². The third kappa shape index (κ3) is 4.39. The number of thioether (sulfide) groups is 1. The van der Waals surface area contributed by atoms with Gasteiger partial charge >= 0.3 is 0 Å². The number of hydrogen-bond acceptors (Lipinski definition) is 4. The highest BCUT2D eigenvalue weighted by molar-refractivity contribution is 7.99. The van der Waals surface area contributed by atoms with E-state index in [2.05, 4.69) is 11.4 Å². The summed E-state index contributed by atoms with van der Waals surface area (Å²) in [4.78, 5) is 26.3. The third-order valence-electron chi connectivity index (χ3n) is 3.96. The number of nitrogens with one attached hydrogen (secondary N) is 1. The van der Waals surface area contributed by atoms with Gasteiger partial charge in [-0.05, 0) is 31.1 Å². The van der Waals surface area contributed by atoms with Crippen LogP contribution in [0.4, 0.5) is 0 Å². The molecular weight excluding hydrogens is 322 g/mol. The van der Waals surface area contributed by atoms with Crippen molar-refractivity contribution in [3.05, 3.63) is 41.5 Å². The molecule has 0 aliphatic carbocycles. The van der Waals surface area contributed by atoms with Crippen LogP contribution < -0.4 is 5.32 Å². The minimum atomic E-state index is -0.438. The summed E-state index contributed by atoms with van der Waals surface area (Å²) in [6, 6.07) is 8.85. The van der Waals surface area contributed by atoms with Crippen molar-refractivity contribution in [3.63, 3.8) is 0 Å². The number of nitriles is 1. The van der Waals surface area contributed by atoms with Crippen molar-refractivity contribution in [2.75, 3.05) is 11.6 Å².